The summed E-state index contributed by atoms with van der Waals surface area (Å²) in [6.07, 6.45) is 0. The molecule has 3 N–H and O–H groups in total. The van der Waals surface area contributed by atoms with Crippen LogP contribution < -0.4 is 5.84 Å². The molecule has 100 valence electrons. The summed E-state index contributed by atoms with van der Waals surface area (Å²) >= 11 is 0.949. The van der Waals surface area contributed by atoms with Gasteiger partial charge in [-0.2, -0.15) is 0 Å². The highest BCUT2D eigenvalue weighted by atomic mass is 32.2. The first-order chi connectivity index (χ1) is 8.99. The van der Waals surface area contributed by atoms with Crippen LogP contribution in [0.2, 0.25) is 0 Å². The van der Waals surface area contributed by atoms with E-state index in [9.17, 15) is 9.18 Å². The topological polar surface area (TPSA) is 94.0 Å². The molecule has 6 nitrogen and oxygen atoms in total. The summed E-state index contributed by atoms with van der Waals surface area (Å²) in [4.78, 5) is 10.5. The van der Waals surface area contributed by atoms with E-state index in [1.807, 2.05) is 0 Å². The lowest BCUT2D eigenvalue weighted by molar-refractivity contribution is -0.133. The molecule has 0 bridgehead atoms. The van der Waals surface area contributed by atoms with Crippen LogP contribution in [0.5, 0.6) is 0 Å². The van der Waals surface area contributed by atoms with Crippen molar-refractivity contribution in [1.29, 1.82) is 0 Å². The van der Waals surface area contributed by atoms with Gasteiger partial charge >= 0.3 is 5.97 Å². The number of carboxylic acids is 1. The fourth-order valence-electron chi connectivity index (χ4n) is 1.43. The van der Waals surface area contributed by atoms with Crippen molar-refractivity contribution in [3.05, 3.63) is 29.6 Å². The SMILES string of the molecule is Cc1ccc(-c2nnc(SCC(=O)O)n2N)cc1F. The first-order valence-electron chi connectivity index (χ1n) is 5.30. The number of benzene rings is 1. The van der Waals surface area contributed by atoms with E-state index >= 15 is 0 Å². The molecule has 0 fully saturated rings. The van der Waals surface area contributed by atoms with Gasteiger partial charge in [-0.1, -0.05) is 23.9 Å². The Balaban J connectivity index is 2.30. The van der Waals surface area contributed by atoms with Crippen LogP contribution >= 0.6 is 11.8 Å². The Kier molecular flexibility index (Phi) is 3.70. The van der Waals surface area contributed by atoms with Gasteiger partial charge in [-0.05, 0) is 18.6 Å². The van der Waals surface area contributed by atoms with Crippen LogP contribution in [0.15, 0.2) is 23.4 Å². The standard InChI is InChI=1S/C11H11FN4O2S/c1-6-2-3-7(4-8(6)12)10-14-15-11(16(10)13)19-5-9(17)18/h2-4H,5,13H2,1H3,(H,17,18). The molecule has 0 unspecified atom stereocenters. The number of aliphatic carboxylic acids is 1. The van der Waals surface area contributed by atoms with Gasteiger partial charge in [0.25, 0.3) is 0 Å². The van der Waals surface area contributed by atoms with E-state index in [2.05, 4.69) is 10.2 Å². The van der Waals surface area contributed by atoms with Crippen molar-refractivity contribution in [3.8, 4) is 11.4 Å². The van der Waals surface area contributed by atoms with E-state index in [0.717, 1.165) is 16.4 Å². The number of aryl methyl sites for hydroxylation is 1. The Morgan fingerprint density at radius 3 is 2.89 bits per heavy atom. The van der Waals surface area contributed by atoms with Crippen molar-refractivity contribution in [1.82, 2.24) is 14.9 Å². The summed E-state index contributed by atoms with van der Waals surface area (Å²) in [5, 5.41) is 16.5. The second-order valence-corrected chi connectivity index (χ2v) is 4.77. The second kappa shape index (κ2) is 5.27. The minimum absolute atomic E-state index is 0.169. The lowest BCUT2D eigenvalue weighted by Crippen LogP contribution is -2.12. The van der Waals surface area contributed by atoms with Crippen LogP contribution in [0, 0.1) is 12.7 Å². The molecule has 0 radical (unpaired) electrons. The van der Waals surface area contributed by atoms with Crippen LogP contribution in [0.1, 0.15) is 5.56 Å². The van der Waals surface area contributed by atoms with Crippen molar-refractivity contribution in [2.75, 3.05) is 11.6 Å². The van der Waals surface area contributed by atoms with Gasteiger partial charge in [-0.3, -0.25) is 4.79 Å². The number of hydrogen-bond acceptors (Lipinski definition) is 5. The van der Waals surface area contributed by atoms with E-state index in [0.29, 0.717) is 11.1 Å². The van der Waals surface area contributed by atoms with Gasteiger partial charge < -0.3 is 10.9 Å². The number of carboxylic acid groups (broad SMARTS) is 1. The number of nitrogens with zero attached hydrogens (tertiary/aromatic N) is 3. The van der Waals surface area contributed by atoms with Crippen molar-refractivity contribution in [3.63, 3.8) is 0 Å². The molecule has 0 saturated heterocycles. The summed E-state index contributed by atoms with van der Waals surface area (Å²) in [5.41, 5.74) is 1.01. The van der Waals surface area contributed by atoms with Crippen molar-refractivity contribution in [2.24, 2.45) is 0 Å². The Bertz CT molecular complexity index is 629. The van der Waals surface area contributed by atoms with E-state index in [1.165, 1.54) is 6.07 Å². The maximum Gasteiger partial charge on any atom is 0.313 e. The first-order valence-corrected chi connectivity index (χ1v) is 6.29. The number of hydrogen-bond donors (Lipinski definition) is 2. The third-order valence-electron chi connectivity index (χ3n) is 2.42. The maximum atomic E-state index is 13.5. The van der Waals surface area contributed by atoms with Gasteiger partial charge in [0.1, 0.15) is 5.82 Å². The van der Waals surface area contributed by atoms with Crippen LogP contribution in [0.4, 0.5) is 4.39 Å². The fourth-order valence-corrected chi connectivity index (χ4v) is 2.01. The van der Waals surface area contributed by atoms with Crippen LogP contribution in [-0.4, -0.2) is 31.7 Å². The second-order valence-electron chi connectivity index (χ2n) is 3.82. The monoisotopic (exact) mass is 282 g/mol. The maximum absolute atomic E-state index is 13.5. The average molecular weight is 282 g/mol. The smallest absolute Gasteiger partial charge is 0.313 e. The molecule has 0 aliphatic carbocycles. The minimum atomic E-state index is -0.976. The predicted molar refractivity (Wildman–Crippen MR) is 68.7 cm³/mol. The summed E-state index contributed by atoms with van der Waals surface area (Å²) in [5.74, 6) is 4.54. The van der Waals surface area contributed by atoms with Gasteiger partial charge in [0.15, 0.2) is 5.82 Å². The molecule has 1 aromatic heterocycles. The highest BCUT2D eigenvalue weighted by Gasteiger charge is 2.14. The van der Waals surface area contributed by atoms with Gasteiger partial charge in [0.2, 0.25) is 5.16 Å². The molecule has 1 aromatic carbocycles. The number of rotatable bonds is 4. The molecule has 0 aliphatic heterocycles. The molecule has 0 spiro atoms. The fraction of sp³-hybridized carbons (Fsp3) is 0.182. The molecule has 0 aliphatic rings. The lowest BCUT2D eigenvalue weighted by Gasteiger charge is -2.04. The van der Waals surface area contributed by atoms with E-state index in [4.69, 9.17) is 10.9 Å². The van der Waals surface area contributed by atoms with E-state index < -0.39 is 5.97 Å². The molecule has 2 aromatic rings. The normalized spacial score (nSPS) is 10.6. The molecule has 0 saturated carbocycles. The number of aromatic nitrogens is 3. The zero-order valence-electron chi connectivity index (χ0n) is 10.00. The zero-order chi connectivity index (χ0) is 14.0. The lowest BCUT2D eigenvalue weighted by atomic mass is 10.1. The Hall–Kier alpha value is -2.09. The number of nitrogen functional groups attached to an aromatic ring is 1. The zero-order valence-corrected chi connectivity index (χ0v) is 10.8. The average Bonchev–Trinajstić information content (AvgIpc) is 2.72. The largest absolute Gasteiger partial charge is 0.481 e. The van der Waals surface area contributed by atoms with Gasteiger partial charge in [-0.15, -0.1) is 10.2 Å². The Morgan fingerprint density at radius 1 is 1.53 bits per heavy atom. The van der Waals surface area contributed by atoms with Gasteiger partial charge in [0, 0.05) is 5.56 Å². The van der Waals surface area contributed by atoms with Crippen molar-refractivity contribution < 1.29 is 14.3 Å². The molecular weight excluding hydrogens is 271 g/mol. The number of halogens is 1. The molecule has 8 heteroatoms. The molecule has 19 heavy (non-hydrogen) atoms. The van der Waals surface area contributed by atoms with Crippen LogP contribution in [-0.2, 0) is 4.79 Å². The van der Waals surface area contributed by atoms with Crippen LogP contribution in [0.3, 0.4) is 0 Å². The quantitative estimate of drug-likeness (QED) is 0.648. The summed E-state index contributed by atoms with van der Waals surface area (Å²) in [6.45, 7) is 1.65. The van der Waals surface area contributed by atoms with Crippen molar-refractivity contribution in [2.45, 2.75) is 12.1 Å². The van der Waals surface area contributed by atoms with Gasteiger partial charge in [-0.25, -0.2) is 9.07 Å². The molecule has 0 atom stereocenters. The highest BCUT2D eigenvalue weighted by Crippen LogP contribution is 2.22. The number of carbonyl (C=O) groups is 1. The predicted octanol–water partition coefficient (Wildman–Crippen LogP) is 1.28. The highest BCUT2D eigenvalue weighted by molar-refractivity contribution is 7.99. The van der Waals surface area contributed by atoms with Crippen LogP contribution in [0.25, 0.3) is 11.4 Å². The van der Waals surface area contributed by atoms with Gasteiger partial charge in [0.05, 0.1) is 5.75 Å². The summed E-state index contributed by atoms with van der Waals surface area (Å²) in [7, 11) is 0. The molecule has 0 amide bonds. The van der Waals surface area contributed by atoms with Crippen molar-refractivity contribution >= 4 is 17.7 Å². The Morgan fingerprint density at radius 2 is 2.26 bits per heavy atom. The minimum Gasteiger partial charge on any atom is -0.481 e. The summed E-state index contributed by atoms with van der Waals surface area (Å²) < 4.78 is 14.6. The number of nitrogens with two attached hydrogens (primary N) is 1. The Labute approximate surface area is 112 Å². The molecular formula is C11H11FN4O2S. The van der Waals surface area contributed by atoms with E-state index in [-0.39, 0.29) is 22.6 Å². The third kappa shape index (κ3) is 2.84. The third-order valence-corrected chi connectivity index (χ3v) is 3.35. The molecule has 2 rings (SSSR count). The van der Waals surface area contributed by atoms with E-state index in [1.54, 1.807) is 19.1 Å². The summed E-state index contributed by atoms with van der Waals surface area (Å²) in [6, 6.07) is 4.61. The number of thioether (sulfide) groups is 1. The first kappa shape index (κ1) is 13.3. The molecule has 1 heterocycles.